The average Bonchev–Trinajstić information content (AvgIpc) is 2.25. The molecule has 0 aliphatic heterocycles. The fourth-order valence-electron chi connectivity index (χ4n) is 1.02. The molecule has 2 N–H and O–H groups in total. The van der Waals surface area contributed by atoms with Gasteiger partial charge in [0.05, 0.1) is 0 Å². The first-order valence-electron chi connectivity index (χ1n) is 4.48. The van der Waals surface area contributed by atoms with Gasteiger partial charge in [0.2, 0.25) is 0 Å². The molecule has 0 atom stereocenters. The predicted octanol–water partition coefficient (Wildman–Crippen LogP) is 1.85. The lowest BCUT2D eigenvalue weighted by molar-refractivity contribution is 0.172. The molecule has 0 fully saturated rings. The van der Waals surface area contributed by atoms with E-state index in [-0.39, 0.29) is 12.8 Å². The minimum Gasteiger partial charge on any atom is -0.364 e. The third-order valence-electron chi connectivity index (χ3n) is 1.77. The average molecular weight is 273 g/mol. The molecular formula is C10H13BrN2O2. The molecule has 0 aliphatic carbocycles. The van der Waals surface area contributed by atoms with Gasteiger partial charge in [-0.3, -0.25) is 0 Å². The number of urea groups is 1. The summed E-state index contributed by atoms with van der Waals surface area (Å²) in [5.74, 6) is 0. The summed E-state index contributed by atoms with van der Waals surface area (Å²) < 4.78 is 5.69. The minimum absolute atomic E-state index is 0.210. The van der Waals surface area contributed by atoms with Crippen molar-refractivity contribution < 1.29 is 9.53 Å². The lowest BCUT2D eigenvalue weighted by atomic mass is 10.2. The summed E-state index contributed by atoms with van der Waals surface area (Å²) in [6.07, 6.45) is 0. The third-order valence-corrected chi connectivity index (χ3v) is 2.55. The standard InChI is InChI=1S/C10H13BrN2O2/c1-15-7-13-10(14)12-6-8-4-2-3-5-9(8)11/h2-5H,6-7H2,1H3,(H2,12,13,14). The number of ether oxygens (including phenoxy) is 1. The van der Waals surface area contributed by atoms with Gasteiger partial charge in [-0.15, -0.1) is 0 Å². The van der Waals surface area contributed by atoms with Gasteiger partial charge in [0.25, 0.3) is 0 Å². The Morgan fingerprint density at radius 1 is 1.40 bits per heavy atom. The smallest absolute Gasteiger partial charge is 0.316 e. The summed E-state index contributed by atoms with van der Waals surface area (Å²) in [5.41, 5.74) is 1.03. The van der Waals surface area contributed by atoms with Crippen LogP contribution in [0.5, 0.6) is 0 Å². The summed E-state index contributed by atoms with van der Waals surface area (Å²) in [6, 6.07) is 7.49. The van der Waals surface area contributed by atoms with E-state index in [0.29, 0.717) is 6.54 Å². The number of nitrogens with one attached hydrogen (secondary N) is 2. The van der Waals surface area contributed by atoms with E-state index in [9.17, 15) is 4.79 Å². The molecule has 0 aromatic heterocycles. The topological polar surface area (TPSA) is 50.4 Å². The van der Waals surface area contributed by atoms with Crippen LogP contribution in [0.1, 0.15) is 5.56 Å². The molecule has 0 aliphatic rings. The molecule has 4 nitrogen and oxygen atoms in total. The number of rotatable bonds is 4. The van der Waals surface area contributed by atoms with Crippen molar-refractivity contribution in [1.82, 2.24) is 10.6 Å². The molecule has 2 amide bonds. The number of carbonyl (C=O) groups is 1. The molecule has 0 bridgehead atoms. The van der Waals surface area contributed by atoms with Gasteiger partial charge in [0.15, 0.2) is 0 Å². The van der Waals surface area contributed by atoms with Crippen LogP contribution < -0.4 is 10.6 Å². The minimum atomic E-state index is -0.243. The number of hydrogen-bond donors (Lipinski definition) is 2. The van der Waals surface area contributed by atoms with E-state index in [2.05, 4.69) is 26.6 Å². The summed E-state index contributed by atoms with van der Waals surface area (Å²) >= 11 is 3.40. The van der Waals surface area contributed by atoms with Gasteiger partial charge in [0.1, 0.15) is 6.73 Å². The van der Waals surface area contributed by atoms with Crippen LogP contribution in [0.15, 0.2) is 28.7 Å². The van der Waals surface area contributed by atoms with E-state index < -0.39 is 0 Å². The van der Waals surface area contributed by atoms with Crippen LogP contribution in [0.4, 0.5) is 4.79 Å². The first kappa shape index (κ1) is 12.0. The molecule has 0 spiro atoms. The van der Waals surface area contributed by atoms with Crippen LogP contribution in [0.25, 0.3) is 0 Å². The number of carbonyl (C=O) groups excluding carboxylic acids is 1. The fourth-order valence-corrected chi connectivity index (χ4v) is 1.44. The Balaban J connectivity index is 2.37. The monoisotopic (exact) mass is 272 g/mol. The summed E-state index contributed by atoms with van der Waals surface area (Å²) in [7, 11) is 1.52. The molecule has 0 unspecified atom stereocenters. The molecule has 0 radical (unpaired) electrons. The summed E-state index contributed by atoms with van der Waals surface area (Å²) in [5, 5.41) is 5.25. The van der Waals surface area contributed by atoms with Crippen molar-refractivity contribution in [2.45, 2.75) is 6.54 Å². The van der Waals surface area contributed by atoms with E-state index in [1.165, 1.54) is 7.11 Å². The highest BCUT2D eigenvalue weighted by molar-refractivity contribution is 9.10. The van der Waals surface area contributed by atoms with Gasteiger partial charge in [0, 0.05) is 18.1 Å². The Morgan fingerprint density at radius 2 is 2.13 bits per heavy atom. The zero-order chi connectivity index (χ0) is 11.1. The van der Waals surface area contributed by atoms with Crippen LogP contribution in [0.3, 0.4) is 0 Å². The van der Waals surface area contributed by atoms with Crippen molar-refractivity contribution in [3.8, 4) is 0 Å². The van der Waals surface area contributed by atoms with E-state index in [1.807, 2.05) is 24.3 Å². The van der Waals surface area contributed by atoms with E-state index in [0.717, 1.165) is 10.0 Å². The zero-order valence-corrected chi connectivity index (χ0v) is 10.0. The van der Waals surface area contributed by atoms with Gasteiger partial charge >= 0.3 is 6.03 Å². The largest absolute Gasteiger partial charge is 0.364 e. The van der Waals surface area contributed by atoms with Crippen molar-refractivity contribution in [1.29, 1.82) is 0 Å². The highest BCUT2D eigenvalue weighted by atomic mass is 79.9. The second-order valence-electron chi connectivity index (χ2n) is 2.88. The van der Waals surface area contributed by atoms with Gasteiger partial charge in [-0.1, -0.05) is 34.1 Å². The molecule has 1 aromatic rings. The number of benzene rings is 1. The van der Waals surface area contributed by atoms with Crippen LogP contribution in [-0.4, -0.2) is 19.9 Å². The maximum atomic E-state index is 11.2. The third kappa shape index (κ3) is 4.31. The van der Waals surface area contributed by atoms with Gasteiger partial charge < -0.3 is 15.4 Å². The second kappa shape index (κ2) is 6.42. The Labute approximate surface area is 97.1 Å². The summed E-state index contributed by atoms with van der Waals surface area (Å²) in [4.78, 5) is 11.2. The van der Waals surface area contributed by atoms with E-state index in [1.54, 1.807) is 0 Å². The normalized spacial score (nSPS) is 9.73. The lowest BCUT2D eigenvalue weighted by Crippen LogP contribution is -2.36. The predicted molar refractivity (Wildman–Crippen MR) is 61.4 cm³/mol. The fraction of sp³-hybridized carbons (Fsp3) is 0.300. The number of amides is 2. The van der Waals surface area contributed by atoms with Crippen LogP contribution in [0, 0.1) is 0 Å². The Hall–Kier alpha value is -1.07. The Bertz CT molecular complexity index is 331. The number of halogens is 1. The first-order chi connectivity index (χ1) is 7.24. The molecular weight excluding hydrogens is 260 g/mol. The molecule has 1 aromatic carbocycles. The number of hydrogen-bond acceptors (Lipinski definition) is 2. The zero-order valence-electron chi connectivity index (χ0n) is 8.42. The van der Waals surface area contributed by atoms with Gasteiger partial charge in [-0.2, -0.15) is 0 Å². The summed E-state index contributed by atoms with van der Waals surface area (Å²) in [6.45, 7) is 0.693. The Kier molecular flexibility index (Phi) is 5.14. The quantitative estimate of drug-likeness (QED) is 0.822. The molecule has 5 heteroatoms. The SMILES string of the molecule is COCNC(=O)NCc1ccccc1Br. The van der Waals surface area contributed by atoms with E-state index in [4.69, 9.17) is 4.74 Å². The second-order valence-corrected chi connectivity index (χ2v) is 3.74. The molecule has 0 saturated carbocycles. The van der Waals surface area contributed by atoms with Gasteiger partial charge in [-0.25, -0.2) is 4.79 Å². The van der Waals surface area contributed by atoms with Crippen molar-refractivity contribution in [3.05, 3.63) is 34.3 Å². The molecule has 0 heterocycles. The van der Waals surface area contributed by atoms with Gasteiger partial charge in [-0.05, 0) is 11.6 Å². The van der Waals surface area contributed by atoms with Crippen molar-refractivity contribution in [3.63, 3.8) is 0 Å². The maximum absolute atomic E-state index is 11.2. The first-order valence-corrected chi connectivity index (χ1v) is 5.27. The van der Waals surface area contributed by atoms with Crippen molar-refractivity contribution in [2.24, 2.45) is 0 Å². The molecule has 15 heavy (non-hydrogen) atoms. The van der Waals surface area contributed by atoms with Crippen LogP contribution in [0.2, 0.25) is 0 Å². The molecule has 0 saturated heterocycles. The molecule has 1 rings (SSSR count). The maximum Gasteiger partial charge on any atom is 0.316 e. The van der Waals surface area contributed by atoms with E-state index >= 15 is 0 Å². The van der Waals surface area contributed by atoms with Crippen molar-refractivity contribution >= 4 is 22.0 Å². The highest BCUT2D eigenvalue weighted by Crippen LogP contribution is 2.14. The number of methoxy groups -OCH3 is 1. The highest BCUT2D eigenvalue weighted by Gasteiger charge is 2.01. The van der Waals surface area contributed by atoms with Crippen molar-refractivity contribution in [2.75, 3.05) is 13.8 Å². The Morgan fingerprint density at radius 3 is 2.80 bits per heavy atom. The van der Waals surface area contributed by atoms with Crippen LogP contribution in [-0.2, 0) is 11.3 Å². The van der Waals surface area contributed by atoms with Crippen LogP contribution >= 0.6 is 15.9 Å². The lowest BCUT2D eigenvalue weighted by Gasteiger charge is -2.07. The molecule has 82 valence electrons.